The fourth-order valence-electron chi connectivity index (χ4n) is 3.85. The van der Waals surface area contributed by atoms with Crippen molar-refractivity contribution in [1.82, 2.24) is 9.97 Å². The highest BCUT2D eigenvalue weighted by Crippen LogP contribution is 2.24. The highest BCUT2D eigenvalue weighted by Gasteiger charge is 2.08. The number of ether oxygens (including phenoxy) is 2. The number of aromatic nitrogens is 2. The number of hydrogen-bond acceptors (Lipinski definition) is 4. The van der Waals surface area contributed by atoms with E-state index in [2.05, 4.69) is 23.8 Å². The second kappa shape index (κ2) is 15.1. The van der Waals surface area contributed by atoms with Crippen LogP contribution in [-0.4, -0.2) is 29.4 Å². The molecule has 1 aromatic heterocycles. The first-order valence-electron chi connectivity index (χ1n) is 13.1. The molecule has 0 N–H and O–H groups in total. The van der Waals surface area contributed by atoms with Crippen LogP contribution in [0, 0.1) is 0 Å². The summed E-state index contributed by atoms with van der Waals surface area (Å²) in [5.41, 5.74) is 2.87. The second-order valence-corrected chi connectivity index (χ2v) is 9.01. The molecule has 1 heterocycles. The third kappa shape index (κ3) is 9.31. The molecule has 0 saturated heterocycles. The van der Waals surface area contributed by atoms with Gasteiger partial charge in [-0.15, -0.1) is 0 Å². The predicted molar refractivity (Wildman–Crippen MR) is 142 cm³/mol. The molecule has 3 aromatic rings. The smallest absolute Gasteiger partial charge is 0.159 e. The molecular weight excluding hydrogens is 439 g/mol. The van der Waals surface area contributed by atoms with E-state index in [0.29, 0.717) is 18.0 Å². The van der Waals surface area contributed by atoms with Gasteiger partial charge in [0.15, 0.2) is 5.82 Å². The molecule has 0 spiro atoms. The molecule has 0 radical (unpaired) electrons. The van der Waals surface area contributed by atoms with Crippen molar-refractivity contribution in [2.45, 2.75) is 77.8 Å². The molecule has 0 fully saturated rings. The fourth-order valence-corrected chi connectivity index (χ4v) is 3.85. The number of nitrogens with zero attached hydrogens (tertiary/aromatic N) is 2. The maximum atomic E-state index is 14.0. The third-order valence-electron chi connectivity index (χ3n) is 6.02. The monoisotopic (exact) mass is 478 g/mol. The number of rotatable bonds is 16. The molecular formula is C30H39FN2O2. The lowest BCUT2D eigenvalue weighted by molar-refractivity contribution is 0.184. The molecule has 0 amide bonds. The molecule has 3 rings (SSSR count). The minimum atomic E-state index is -0.918. The molecule has 188 valence electrons. The lowest BCUT2D eigenvalue weighted by Gasteiger charge is -2.11. The van der Waals surface area contributed by atoms with Crippen LogP contribution in [0.3, 0.4) is 0 Å². The van der Waals surface area contributed by atoms with Crippen molar-refractivity contribution in [2.75, 3.05) is 13.2 Å². The average molecular weight is 479 g/mol. The number of halogens is 1. The highest BCUT2D eigenvalue weighted by atomic mass is 19.1. The topological polar surface area (TPSA) is 44.2 Å². The maximum absolute atomic E-state index is 14.0. The maximum Gasteiger partial charge on any atom is 0.159 e. The van der Waals surface area contributed by atoms with E-state index in [9.17, 15) is 4.39 Å². The molecule has 0 aliphatic carbocycles. The summed E-state index contributed by atoms with van der Waals surface area (Å²) in [5.74, 6) is 2.23. The second-order valence-electron chi connectivity index (χ2n) is 9.01. The number of unbranched alkanes of at least 4 members (excludes halogenated alkanes) is 6. The number of alkyl halides is 1. The molecule has 5 heteroatoms. The Morgan fingerprint density at radius 1 is 0.657 bits per heavy atom. The molecule has 0 saturated carbocycles. The van der Waals surface area contributed by atoms with E-state index in [1.807, 2.05) is 60.9 Å². The van der Waals surface area contributed by atoms with E-state index < -0.39 is 6.17 Å². The summed E-state index contributed by atoms with van der Waals surface area (Å²) < 4.78 is 25.4. The first kappa shape index (κ1) is 26.7. The van der Waals surface area contributed by atoms with E-state index in [1.54, 1.807) is 0 Å². The SMILES string of the molecule is CCCCCCOc1ccc(-c2ncc(-c3ccc(OCC(F)CCCCCC)cc3)cn2)cc1. The van der Waals surface area contributed by atoms with Gasteiger partial charge in [-0.2, -0.15) is 0 Å². The molecule has 2 aromatic carbocycles. The van der Waals surface area contributed by atoms with Gasteiger partial charge in [-0.25, -0.2) is 14.4 Å². The van der Waals surface area contributed by atoms with E-state index in [-0.39, 0.29) is 6.61 Å². The van der Waals surface area contributed by atoms with Crippen molar-refractivity contribution >= 4 is 0 Å². The Hall–Kier alpha value is -2.95. The Bertz CT molecular complexity index is 959. The van der Waals surface area contributed by atoms with Crippen LogP contribution >= 0.6 is 0 Å². The van der Waals surface area contributed by atoms with Crippen molar-refractivity contribution in [2.24, 2.45) is 0 Å². The van der Waals surface area contributed by atoms with Crippen LogP contribution in [0.1, 0.15) is 71.6 Å². The lowest BCUT2D eigenvalue weighted by atomic mass is 10.1. The van der Waals surface area contributed by atoms with E-state index in [0.717, 1.165) is 54.7 Å². The molecule has 0 bridgehead atoms. The molecule has 35 heavy (non-hydrogen) atoms. The average Bonchev–Trinajstić information content (AvgIpc) is 2.91. The Morgan fingerprint density at radius 3 is 1.86 bits per heavy atom. The fraction of sp³-hybridized carbons (Fsp3) is 0.467. The van der Waals surface area contributed by atoms with Crippen LogP contribution in [0.4, 0.5) is 4.39 Å². The first-order chi connectivity index (χ1) is 17.2. The van der Waals surface area contributed by atoms with Gasteiger partial charge < -0.3 is 9.47 Å². The minimum absolute atomic E-state index is 0.103. The molecule has 1 unspecified atom stereocenters. The largest absolute Gasteiger partial charge is 0.494 e. The summed E-state index contributed by atoms with van der Waals surface area (Å²) in [6, 6.07) is 15.6. The Labute approximate surface area is 209 Å². The molecule has 4 nitrogen and oxygen atoms in total. The van der Waals surface area contributed by atoms with Gasteiger partial charge in [0.05, 0.1) is 6.61 Å². The number of hydrogen-bond donors (Lipinski definition) is 0. The normalized spacial score (nSPS) is 11.9. The quantitative estimate of drug-likeness (QED) is 0.194. The third-order valence-corrected chi connectivity index (χ3v) is 6.02. The molecule has 0 aliphatic rings. The standard InChI is InChI=1S/C30H39FN2O2/c1-3-5-7-9-11-27(31)23-35-29-16-12-24(13-17-29)26-21-32-30(33-22-26)25-14-18-28(19-15-25)34-20-10-8-6-4-2/h12-19,21-22,27H,3-11,20,23H2,1-2H3. The van der Waals surface area contributed by atoms with Gasteiger partial charge in [0.25, 0.3) is 0 Å². The van der Waals surface area contributed by atoms with Crippen LogP contribution in [0.15, 0.2) is 60.9 Å². The van der Waals surface area contributed by atoms with E-state index in [4.69, 9.17) is 9.47 Å². The van der Waals surface area contributed by atoms with Gasteiger partial charge in [0.2, 0.25) is 0 Å². The van der Waals surface area contributed by atoms with Crippen molar-refractivity contribution in [3.8, 4) is 34.0 Å². The van der Waals surface area contributed by atoms with Gasteiger partial charge in [0.1, 0.15) is 24.3 Å². The van der Waals surface area contributed by atoms with Gasteiger partial charge in [-0.05, 0) is 54.8 Å². The Balaban J connectivity index is 1.47. The number of benzene rings is 2. The van der Waals surface area contributed by atoms with Gasteiger partial charge in [-0.3, -0.25) is 0 Å². The summed E-state index contributed by atoms with van der Waals surface area (Å²) in [5, 5.41) is 0. The minimum Gasteiger partial charge on any atom is -0.494 e. The van der Waals surface area contributed by atoms with Crippen LogP contribution < -0.4 is 9.47 Å². The Morgan fingerprint density at radius 2 is 1.23 bits per heavy atom. The van der Waals surface area contributed by atoms with Gasteiger partial charge in [0, 0.05) is 23.5 Å². The molecule has 1 atom stereocenters. The zero-order valence-electron chi connectivity index (χ0n) is 21.2. The summed E-state index contributed by atoms with van der Waals surface area (Å²) in [6.45, 7) is 5.22. The summed E-state index contributed by atoms with van der Waals surface area (Å²) in [6.07, 6.45) is 12.4. The van der Waals surface area contributed by atoms with Crippen LogP contribution in [0.2, 0.25) is 0 Å². The lowest BCUT2D eigenvalue weighted by Crippen LogP contribution is -2.12. The van der Waals surface area contributed by atoms with Crippen LogP contribution in [0.25, 0.3) is 22.5 Å². The van der Waals surface area contributed by atoms with Gasteiger partial charge in [-0.1, -0.05) is 70.9 Å². The highest BCUT2D eigenvalue weighted by molar-refractivity contribution is 5.64. The van der Waals surface area contributed by atoms with Crippen molar-refractivity contribution < 1.29 is 13.9 Å². The van der Waals surface area contributed by atoms with Gasteiger partial charge >= 0.3 is 0 Å². The summed E-state index contributed by atoms with van der Waals surface area (Å²) in [7, 11) is 0. The molecule has 0 aliphatic heterocycles. The first-order valence-corrected chi connectivity index (χ1v) is 13.1. The zero-order valence-corrected chi connectivity index (χ0v) is 21.2. The van der Waals surface area contributed by atoms with Crippen LogP contribution in [-0.2, 0) is 0 Å². The predicted octanol–water partition coefficient (Wildman–Crippen LogP) is 8.46. The summed E-state index contributed by atoms with van der Waals surface area (Å²) in [4.78, 5) is 9.08. The van der Waals surface area contributed by atoms with E-state index in [1.165, 1.54) is 25.7 Å². The van der Waals surface area contributed by atoms with E-state index >= 15 is 0 Å². The zero-order chi connectivity index (χ0) is 24.7. The van der Waals surface area contributed by atoms with Crippen molar-refractivity contribution in [3.05, 3.63) is 60.9 Å². The van der Waals surface area contributed by atoms with Crippen molar-refractivity contribution in [3.63, 3.8) is 0 Å². The Kier molecular flexibility index (Phi) is 11.5. The summed E-state index contributed by atoms with van der Waals surface area (Å²) >= 11 is 0. The van der Waals surface area contributed by atoms with Crippen molar-refractivity contribution in [1.29, 1.82) is 0 Å². The van der Waals surface area contributed by atoms with Crippen LogP contribution in [0.5, 0.6) is 11.5 Å².